The molecule has 1 heterocycles. The molecule has 0 radical (unpaired) electrons. The first-order chi connectivity index (χ1) is 9.78. The van der Waals surface area contributed by atoms with Crippen LogP contribution >= 0.6 is 0 Å². The van der Waals surface area contributed by atoms with Gasteiger partial charge in [0.1, 0.15) is 0 Å². The molecule has 1 unspecified atom stereocenters. The normalized spacial score (nSPS) is 29.6. The van der Waals surface area contributed by atoms with Crippen LogP contribution in [0.25, 0.3) is 0 Å². The number of fused-ring (bicyclic) bond motifs is 1. The minimum absolute atomic E-state index is 0.352. The van der Waals surface area contributed by atoms with E-state index in [1.807, 2.05) is 13.0 Å². The third-order valence-electron chi connectivity index (χ3n) is 5.04. The summed E-state index contributed by atoms with van der Waals surface area (Å²) < 4.78 is 11.7. The highest BCUT2D eigenvalue weighted by atomic mass is 16.5. The summed E-state index contributed by atoms with van der Waals surface area (Å²) in [6.07, 6.45) is 11.6. The van der Waals surface area contributed by atoms with Gasteiger partial charge in [0, 0.05) is 12.3 Å². The Balaban J connectivity index is 1.68. The first kappa shape index (κ1) is 13.7. The van der Waals surface area contributed by atoms with E-state index in [0.29, 0.717) is 6.10 Å². The SMILES string of the molecule is COc1c(OC2CC[C@H]3CCCC[C@H]3C2)ccnc1C. The zero-order chi connectivity index (χ0) is 13.9. The summed E-state index contributed by atoms with van der Waals surface area (Å²) >= 11 is 0. The van der Waals surface area contributed by atoms with E-state index in [-0.39, 0.29) is 0 Å². The molecule has 0 amide bonds. The molecule has 1 aromatic heterocycles. The van der Waals surface area contributed by atoms with Crippen LogP contribution in [0.2, 0.25) is 0 Å². The number of nitrogens with zero attached hydrogens (tertiary/aromatic N) is 1. The van der Waals surface area contributed by atoms with E-state index in [1.54, 1.807) is 13.3 Å². The molecule has 110 valence electrons. The Labute approximate surface area is 121 Å². The molecule has 3 atom stereocenters. The smallest absolute Gasteiger partial charge is 0.182 e. The topological polar surface area (TPSA) is 31.4 Å². The standard InChI is InChI=1S/C17H25NO2/c1-12-17(19-2)16(9-10-18-12)20-15-8-7-13-5-3-4-6-14(13)11-15/h9-10,13-15H,3-8,11H2,1-2H3/t13-,14+,15?/m1/s1. The molecule has 2 fully saturated rings. The van der Waals surface area contributed by atoms with Gasteiger partial charge in [0.25, 0.3) is 0 Å². The van der Waals surface area contributed by atoms with Crippen LogP contribution < -0.4 is 9.47 Å². The average molecular weight is 275 g/mol. The summed E-state index contributed by atoms with van der Waals surface area (Å²) in [4.78, 5) is 4.26. The van der Waals surface area contributed by atoms with Gasteiger partial charge >= 0.3 is 0 Å². The van der Waals surface area contributed by atoms with E-state index in [2.05, 4.69) is 4.98 Å². The van der Waals surface area contributed by atoms with Crippen LogP contribution in [0.5, 0.6) is 11.5 Å². The summed E-state index contributed by atoms with van der Waals surface area (Å²) in [7, 11) is 1.69. The van der Waals surface area contributed by atoms with Gasteiger partial charge in [-0.2, -0.15) is 0 Å². The molecule has 0 saturated heterocycles. The van der Waals surface area contributed by atoms with E-state index < -0.39 is 0 Å². The van der Waals surface area contributed by atoms with Crippen LogP contribution in [0.3, 0.4) is 0 Å². The summed E-state index contributed by atoms with van der Waals surface area (Å²) in [5, 5.41) is 0. The monoisotopic (exact) mass is 275 g/mol. The van der Waals surface area contributed by atoms with Gasteiger partial charge < -0.3 is 9.47 Å². The van der Waals surface area contributed by atoms with Crippen molar-refractivity contribution >= 4 is 0 Å². The third kappa shape index (κ3) is 2.77. The first-order valence-corrected chi connectivity index (χ1v) is 7.94. The molecular weight excluding hydrogens is 250 g/mol. The highest BCUT2D eigenvalue weighted by Crippen LogP contribution is 2.42. The lowest BCUT2D eigenvalue weighted by molar-refractivity contribution is 0.0628. The fourth-order valence-electron chi connectivity index (χ4n) is 3.99. The van der Waals surface area contributed by atoms with E-state index >= 15 is 0 Å². The molecule has 0 N–H and O–H groups in total. The molecule has 3 rings (SSSR count). The number of ether oxygens (including phenoxy) is 2. The number of hydrogen-bond acceptors (Lipinski definition) is 3. The van der Waals surface area contributed by atoms with E-state index in [4.69, 9.17) is 9.47 Å². The first-order valence-electron chi connectivity index (χ1n) is 7.94. The Morgan fingerprint density at radius 3 is 2.70 bits per heavy atom. The Hall–Kier alpha value is -1.25. The predicted molar refractivity (Wildman–Crippen MR) is 79.2 cm³/mol. The lowest BCUT2D eigenvalue weighted by Gasteiger charge is -2.39. The van der Waals surface area contributed by atoms with Crippen molar-refractivity contribution in [3.8, 4) is 11.5 Å². The Morgan fingerprint density at radius 1 is 1.10 bits per heavy atom. The number of rotatable bonds is 3. The molecule has 2 saturated carbocycles. The zero-order valence-corrected chi connectivity index (χ0v) is 12.6. The van der Waals surface area contributed by atoms with Crippen molar-refractivity contribution in [3.05, 3.63) is 18.0 Å². The highest BCUT2D eigenvalue weighted by molar-refractivity contribution is 5.42. The quantitative estimate of drug-likeness (QED) is 0.831. The highest BCUT2D eigenvalue weighted by Gasteiger charge is 2.33. The minimum atomic E-state index is 0.352. The van der Waals surface area contributed by atoms with E-state index in [9.17, 15) is 0 Å². The molecule has 0 aromatic carbocycles. The maximum Gasteiger partial charge on any atom is 0.182 e. The molecule has 2 aliphatic rings. The number of aromatic nitrogens is 1. The summed E-state index contributed by atoms with van der Waals surface area (Å²) in [5.41, 5.74) is 0.899. The van der Waals surface area contributed by atoms with E-state index in [0.717, 1.165) is 29.0 Å². The van der Waals surface area contributed by atoms with Crippen molar-refractivity contribution in [3.63, 3.8) is 0 Å². The maximum absolute atomic E-state index is 6.24. The second kappa shape index (κ2) is 6.02. The maximum atomic E-state index is 6.24. The van der Waals surface area contributed by atoms with Crippen molar-refractivity contribution in [2.24, 2.45) is 11.8 Å². The fraction of sp³-hybridized carbons (Fsp3) is 0.706. The van der Waals surface area contributed by atoms with Gasteiger partial charge in [-0.1, -0.05) is 25.7 Å². The van der Waals surface area contributed by atoms with Gasteiger partial charge in [0.05, 0.1) is 18.9 Å². The van der Waals surface area contributed by atoms with Gasteiger partial charge in [0.15, 0.2) is 11.5 Å². The number of hydrogen-bond donors (Lipinski definition) is 0. The largest absolute Gasteiger partial charge is 0.491 e. The minimum Gasteiger partial charge on any atom is -0.491 e. The van der Waals surface area contributed by atoms with Gasteiger partial charge in [-0.05, 0) is 38.0 Å². The van der Waals surface area contributed by atoms with Crippen LogP contribution in [0.4, 0.5) is 0 Å². The molecule has 3 heteroatoms. The van der Waals surface area contributed by atoms with Crippen LogP contribution in [-0.4, -0.2) is 18.2 Å². The van der Waals surface area contributed by atoms with Crippen LogP contribution in [-0.2, 0) is 0 Å². The van der Waals surface area contributed by atoms with Crippen LogP contribution in [0, 0.1) is 18.8 Å². The summed E-state index contributed by atoms with van der Waals surface area (Å²) in [5.74, 6) is 3.50. The van der Waals surface area contributed by atoms with E-state index in [1.165, 1.54) is 44.9 Å². The summed E-state index contributed by atoms with van der Waals surface area (Å²) in [6, 6.07) is 1.93. The third-order valence-corrected chi connectivity index (χ3v) is 5.04. The summed E-state index contributed by atoms with van der Waals surface area (Å²) in [6.45, 7) is 1.96. The predicted octanol–water partition coefficient (Wildman–Crippen LogP) is 4.14. The van der Waals surface area contributed by atoms with Gasteiger partial charge in [0.2, 0.25) is 0 Å². The second-order valence-electron chi connectivity index (χ2n) is 6.29. The molecule has 3 nitrogen and oxygen atoms in total. The Morgan fingerprint density at radius 2 is 1.90 bits per heavy atom. The van der Waals surface area contributed by atoms with Gasteiger partial charge in [-0.3, -0.25) is 4.98 Å². The molecule has 0 aliphatic heterocycles. The lowest BCUT2D eigenvalue weighted by Crippen LogP contribution is -2.33. The Bertz CT molecular complexity index is 460. The second-order valence-corrected chi connectivity index (χ2v) is 6.29. The van der Waals surface area contributed by atoms with Crippen molar-refractivity contribution in [1.82, 2.24) is 4.98 Å². The lowest BCUT2D eigenvalue weighted by atomic mass is 9.70. The van der Waals surface area contributed by atoms with Crippen LogP contribution in [0.15, 0.2) is 12.3 Å². The molecule has 0 spiro atoms. The van der Waals surface area contributed by atoms with Crippen LogP contribution in [0.1, 0.15) is 50.6 Å². The zero-order valence-electron chi connectivity index (χ0n) is 12.6. The number of aryl methyl sites for hydroxylation is 1. The average Bonchev–Trinajstić information content (AvgIpc) is 2.47. The van der Waals surface area contributed by atoms with Crippen molar-refractivity contribution in [2.45, 2.75) is 58.0 Å². The van der Waals surface area contributed by atoms with Gasteiger partial charge in [-0.25, -0.2) is 0 Å². The van der Waals surface area contributed by atoms with Crippen molar-refractivity contribution in [2.75, 3.05) is 7.11 Å². The van der Waals surface area contributed by atoms with Gasteiger partial charge in [-0.15, -0.1) is 0 Å². The van der Waals surface area contributed by atoms with Crippen molar-refractivity contribution < 1.29 is 9.47 Å². The molecule has 20 heavy (non-hydrogen) atoms. The molecule has 0 bridgehead atoms. The number of pyridine rings is 1. The molecular formula is C17H25NO2. The van der Waals surface area contributed by atoms with Crippen molar-refractivity contribution in [1.29, 1.82) is 0 Å². The fourth-order valence-corrected chi connectivity index (χ4v) is 3.99. The molecule has 2 aliphatic carbocycles. The Kier molecular flexibility index (Phi) is 4.13. The molecule has 1 aromatic rings. The number of methoxy groups -OCH3 is 1.